The number of hydrogen-bond acceptors (Lipinski definition) is 14. The van der Waals surface area contributed by atoms with E-state index in [-0.39, 0.29) is 34.8 Å². The summed E-state index contributed by atoms with van der Waals surface area (Å²) in [5.41, 5.74) is 13.0. The molecule has 6 heterocycles. The summed E-state index contributed by atoms with van der Waals surface area (Å²) in [4.78, 5) is 81.2. The number of nitrogens with zero attached hydrogens (tertiary/aromatic N) is 13. The molecule has 20 nitrogen and oxygen atoms in total. The number of methoxy groups -OCH3 is 1. The maximum atomic E-state index is 14.3. The zero-order valence-electron chi connectivity index (χ0n) is 62.9. The van der Waals surface area contributed by atoms with E-state index in [4.69, 9.17) is 24.5 Å². The van der Waals surface area contributed by atoms with E-state index in [0.29, 0.717) is 68.1 Å². The van der Waals surface area contributed by atoms with Gasteiger partial charge in [-0.05, 0) is 177 Å². The third kappa shape index (κ3) is 15.9. The minimum atomic E-state index is -0.336. The quantitative estimate of drug-likeness (QED) is 0.0726. The molecule has 0 aliphatic rings. The van der Waals surface area contributed by atoms with Gasteiger partial charge in [0.05, 0.1) is 61.1 Å². The van der Waals surface area contributed by atoms with Crippen LogP contribution in [0.2, 0.25) is 0 Å². The second-order valence-electron chi connectivity index (χ2n) is 26.9. The molecule has 9 aromatic carbocycles. The Balaban J connectivity index is 0.000000146. The summed E-state index contributed by atoms with van der Waals surface area (Å²) in [5.74, 6) is 3.78. The molecule has 0 saturated heterocycles. The predicted octanol–water partition coefficient (Wildman–Crippen LogP) is 19.8. The fraction of sp³-hybridized carbons (Fsp3) is 0.143. The van der Waals surface area contributed by atoms with Crippen molar-refractivity contribution in [1.82, 2.24) is 43.6 Å². The number of ether oxygens (including phenoxy) is 1. The van der Waals surface area contributed by atoms with Crippen molar-refractivity contribution in [3.05, 3.63) is 361 Å². The largest absolute Gasteiger partial charge is 0.497 e. The standard InChI is InChI=1S/C31H28N6O.C30H25N5O2.C30H25N5O/c1-20(34-30-27(32-3)19-33-21(2)35-30)28-18-23-12-10-16-26(22-11-9-15-25(17-22)36(4)5)29(23)31(38)37(28)24-13-7-6-8-14-24;1-19(33-29-26(31-3)18-32-20(2)34-29)27-17-22-9-8-12-25(21-13-15-24(37-4)16-14-21)28(22)30(36)35(27)23-10-6-5-7-11-23;1-19-13-15-22(16-14-19)25-12-8-9-23-17-27(20(2)33-29-26(31-4)18-32-21(3)34-29)35(30(36)28(23)25)24-10-6-5-7-11-24/h6-20H,1-2,4-5H3,(H,33,34,35);5-19H,1-2,4H3,(H,32,33,34);5-18,20H,1-3H3,(H,32,33,34)/t20-;19-;20-/m000/s1. The molecule has 0 aliphatic heterocycles. The van der Waals surface area contributed by atoms with Crippen LogP contribution in [0.1, 0.15) is 79.0 Å². The number of nitrogens with one attached hydrogen (secondary N) is 3. The molecule has 0 fully saturated rings. The highest BCUT2D eigenvalue weighted by molar-refractivity contribution is 5.99. The highest BCUT2D eigenvalue weighted by Gasteiger charge is 2.25. The Hall–Kier alpha value is -14.7. The first-order valence-corrected chi connectivity index (χ1v) is 36.0. The van der Waals surface area contributed by atoms with Gasteiger partial charge in [-0.1, -0.05) is 163 Å². The van der Waals surface area contributed by atoms with Crippen molar-refractivity contribution in [3.63, 3.8) is 0 Å². The predicted molar refractivity (Wildman–Crippen MR) is 446 cm³/mol. The molecule has 0 spiro atoms. The molecule has 0 unspecified atom stereocenters. The minimum Gasteiger partial charge on any atom is -0.497 e. The first kappa shape index (κ1) is 74.6. The maximum absolute atomic E-state index is 14.3. The second kappa shape index (κ2) is 33.0. The van der Waals surface area contributed by atoms with Crippen molar-refractivity contribution < 1.29 is 4.74 Å². The van der Waals surface area contributed by atoms with Crippen molar-refractivity contribution in [2.45, 2.75) is 66.6 Å². The summed E-state index contributed by atoms with van der Waals surface area (Å²) in [6.45, 7) is 35.8. The van der Waals surface area contributed by atoms with Gasteiger partial charge in [-0.25, -0.2) is 29.5 Å². The van der Waals surface area contributed by atoms with Gasteiger partial charge in [0.25, 0.3) is 16.7 Å². The average molecular weight is 1460 g/mol. The maximum Gasteiger partial charge on any atom is 0.263 e. The Labute approximate surface area is 642 Å². The molecule has 6 aromatic heterocycles. The SMILES string of the molecule is [C-]#[N+]c1cnc(C)nc1N[C@@H](C)c1cc2cccc(-c3ccc(C)cc3)c2c(=O)n1-c1ccccc1.[C-]#[N+]c1cnc(C)nc1N[C@@H](C)c1cc2cccc(-c3ccc(OC)cc3)c2c(=O)n1-c1ccccc1.[C-]#[N+]c1cnc(C)nc1N[C@@H](C)c1cc2cccc(-c3cccc(N(C)C)c3)c2c(=O)n1-c1ccccc1. The van der Waals surface area contributed by atoms with Crippen molar-refractivity contribution in [2.75, 3.05) is 42.1 Å². The summed E-state index contributed by atoms with van der Waals surface area (Å²) in [5, 5.41) is 14.5. The molecule has 0 amide bonds. The van der Waals surface area contributed by atoms with Gasteiger partial charge >= 0.3 is 0 Å². The van der Waals surface area contributed by atoms with E-state index in [1.807, 2.05) is 235 Å². The van der Waals surface area contributed by atoms with Crippen LogP contribution in [0, 0.1) is 47.4 Å². The van der Waals surface area contributed by atoms with E-state index in [1.54, 1.807) is 41.6 Å². The lowest BCUT2D eigenvalue weighted by molar-refractivity contribution is 0.415. The van der Waals surface area contributed by atoms with E-state index >= 15 is 0 Å². The number of fused-ring (bicyclic) bond motifs is 3. The summed E-state index contributed by atoms with van der Waals surface area (Å²) in [7, 11) is 5.64. The number of rotatable bonds is 17. The Bertz CT molecular complexity index is 6310. The van der Waals surface area contributed by atoms with Crippen molar-refractivity contribution in [2.24, 2.45) is 0 Å². The van der Waals surface area contributed by atoms with Crippen LogP contribution in [0.15, 0.2) is 270 Å². The number of aryl methyl sites for hydroxylation is 4. The van der Waals surface area contributed by atoms with Gasteiger partial charge in [-0.2, -0.15) is 0 Å². The monoisotopic (exact) mass is 1460 g/mol. The number of para-hydroxylation sites is 3. The Morgan fingerprint density at radius 3 is 1.04 bits per heavy atom. The smallest absolute Gasteiger partial charge is 0.263 e. The molecule has 15 rings (SSSR count). The summed E-state index contributed by atoms with van der Waals surface area (Å²) in [6, 6.07) is 75.9. The lowest BCUT2D eigenvalue weighted by Crippen LogP contribution is -2.26. The van der Waals surface area contributed by atoms with Crippen LogP contribution in [0.25, 0.3) is 97.3 Å². The Morgan fingerprint density at radius 1 is 0.387 bits per heavy atom. The lowest BCUT2D eigenvalue weighted by atomic mass is 9.97. The first-order valence-electron chi connectivity index (χ1n) is 36.0. The molecule has 0 bridgehead atoms. The molecule has 15 aromatic rings. The molecule has 0 saturated carbocycles. The molecular formula is C91H78N16O4. The number of pyridine rings is 3. The molecule has 546 valence electrons. The second-order valence-corrected chi connectivity index (χ2v) is 26.9. The average Bonchev–Trinajstić information content (AvgIpc) is 0.760. The highest BCUT2D eigenvalue weighted by atomic mass is 16.5. The summed E-state index contributed by atoms with van der Waals surface area (Å²) < 4.78 is 10.6. The van der Waals surface area contributed by atoms with Crippen LogP contribution < -0.4 is 42.3 Å². The van der Waals surface area contributed by atoms with Crippen molar-refractivity contribution >= 4 is 72.5 Å². The third-order valence-corrected chi connectivity index (χ3v) is 19.1. The van der Waals surface area contributed by atoms with Gasteiger partial charge in [-0.3, -0.25) is 43.0 Å². The van der Waals surface area contributed by atoms with Crippen LogP contribution in [0.5, 0.6) is 5.75 Å². The number of benzene rings is 9. The van der Waals surface area contributed by atoms with Crippen LogP contribution in [-0.2, 0) is 0 Å². The zero-order valence-corrected chi connectivity index (χ0v) is 62.9. The topological polar surface area (TPSA) is 205 Å². The van der Waals surface area contributed by atoms with Gasteiger partial charge in [0, 0.05) is 72.5 Å². The molecule has 20 heteroatoms. The number of hydrogen-bond donors (Lipinski definition) is 3. The van der Waals surface area contributed by atoms with Gasteiger partial charge in [0.15, 0.2) is 0 Å². The normalized spacial score (nSPS) is 11.7. The number of aromatic nitrogens is 9. The van der Waals surface area contributed by atoms with Crippen LogP contribution >= 0.6 is 0 Å². The molecule has 0 aliphatic carbocycles. The highest BCUT2D eigenvalue weighted by Crippen LogP contribution is 2.37. The van der Waals surface area contributed by atoms with E-state index < -0.39 is 0 Å². The van der Waals surface area contributed by atoms with Crippen molar-refractivity contribution in [3.8, 4) is 56.2 Å². The first-order chi connectivity index (χ1) is 53.8. The fourth-order valence-corrected chi connectivity index (χ4v) is 13.6. The Kier molecular flexibility index (Phi) is 22.2. The number of anilines is 4. The summed E-state index contributed by atoms with van der Waals surface area (Å²) in [6.07, 6.45) is 4.54. The zero-order chi connectivity index (χ0) is 78.0. The minimum absolute atomic E-state index is 0.0946. The molecule has 3 atom stereocenters. The lowest BCUT2D eigenvalue weighted by Gasteiger charge is -2.22. The van der Waals surface area contributed by atoms with E-state index in [0.717, 1.165) is 95.1 Å². The van der Waals surface area contributed by atoms with Crippen LogP contribution in [-0.4, -0.2) is 64.8 Å². The van der Waals surface area contributed by atoms with Gasteiger partial charge in [0.1, 0.15) is 40.7 Å². The summed E-state index contributed by atoms with van der Waals surface area (Å²) >= 11 is 0. The van der Waals surface area contributed by atoms with Crippen LogP contribution in [0.4, 0.5) is 40.2 Å². The van der Waals surface area contributed by atoms with Crippen LogP contribution in [0.3, 0.4) is 0 Å². The van der Waals surface area contributed by atoms with Gasteiger partial charge in [0.2, 0.25) is 17.1 Å². The van der Waals surface area contributed by atoms with Gasteiger partial charge in [-0.15, -0.1) is 0 Å². The molecule has 3 N–H and O–H groups in total. The van der Waals surface area contributed by atoms with E-state index in [9.17, 15) is 14.4 Å². The van der Waals surface area contributed by atoms with Crippen molar-refractivity contribution in [1.29, 1.82) is 0 Å². The van der Waals surface area contributed by atoms with E-state index in [2.05, 4.69) is 109 Å². The molecule has 0 radical (unpaired) electrons. The van der Waals surface area contributed by atoms with Gasteiger partial charge < -0.3 is 25.6 Å². The Morgan fingerprint density at radius 2 is 0.712 bits per heavy atom. The molecule has 111 heavy (non-hydrogen) atoms. The van der Waals surface area contributed by atoms with E-state index in [1.165, 1.54) is 24.2 Å². The molecular weight excluding hydrogens is 1380 g/mol. The fourth-order valence-electron chi connectivity index (χ4n) is 13.6. The third-order valence-electron chi connectivity index (χ3n) is 19.1.